The molecule has 8 nitrogen and oxygen atoms in total. The van der Waals surface area contributed by atoms with E-state index >= 15 is 0 Å². The molecule has 0 unspecified atom stereocenters. The highest BCUT2D eigenvalue weighted by Gasteiger charge is 2.35. The van der Waals surface area contributed by atoms with Crippen molar-refractivity contribution >= 4 is 85.7 Å². The van der Waals surface area contributed by atoms with Gasteiger partial charge in [0.2, 0.25) is 3.79 Å². The first-order valence-corrected chi connectivity index (χ1v) is 18.0. The minimum Gasteiger partial charge on any atom is -0.492 e. The van der Waals surface area contributed by atoms with Crippen LogP contribution in [-0.2, 0) is 25.5 Å². The van der Waals surface area contributed by atoms with Gasteiger partial charge in [-0.2, -0.15) is 8.42 Å². The SMILES string of the molecule is O=C1/C(=C/c2ccc(OCCCCCCS(=O)(=O)OCC(Cl)(Cl)Cl)c(Cl)c2)N=C2C(Cc3ccccc3)=NC(c3ccccc3)=CN12. The normalized spacial score (nSPS) is 15.7. The Bertz CT molecular complexity index is 1820. The van der Waals surface area contributed by atoms with Gasteiger partial charge in [0, 0.05) is 18.2 Å². The summed E-state index contributed by atoms with van der Waals surface area (Å²) in [5.74, 6) is 0.596. The summed E-state index contributed by atoms with van der Waals surface area (Å²) in [4.78, 5) is 24.8. The fourth-order valence-corrected chi connectivity index (χ4v) is 6.50. The number of benzene rings is 3. The molecule has 13 heteroatoms. The fraction of sp³-hybridized carbons (Fsp3) is 0.265. The molecular weight excluding hydrogens is 704 g/mol. The van der Waals surface area contributed by atoms with Gasteiger partial charge in [-0.15, -0.1) is 0 Å². The van der Waals surface area contributed by atoms with E-state index in [1.165, 1.54) is 0 Å². The van der Waals surface area contributed by atoms with Crippen LogP contribution in [-0.4, -0.2) is 53.5 Å². The summed E-state index contributed by atoms with van der Waals surface area (Å²) >= 11 is 23.1. The maximum atomic E-state index is 13.6. The van der Waals surface area contributed by atoms with Gasteiger partial charge in [-0.05, 0) is 42.2 Å². The number of nitrogens with zero attached hydrogens (tertiary/aromatic N) is 3. The van der Waals surface area contributed by atoms with E-state index in [4.69, 9.17) is 65.3 Å². The van der Waals surface area contributed by atoms with Gasteiger partial charge in [-0.1, -0.05) is 126 Å². The Balaban J connectivity index is 1.19. The van der Waals surface area contributed by atoms with Crippen LogP contribution in [0.15, 0.2) is 101 Å². The van der Waals surface area contributed by atoms with Crippen LogP contribution in [0.25, 0.3) is 11.8 Å². The summed E-state index contributed by atoms with van der Waals surface area (Å²) in [5, 5.41) is 0.393. The van der Waals surface area contributed by atoms with E-state index in [1.807, 2.05) is 66.7 Å². The molecule has 0 aliphatic carbocycles. The maximum absolute atomic E-state index is 13.6. The van der Waals surface area contributed by atoms with Gasteiger partial charge in [0.1, 0.15) is 18.1 Å². The topological polar surface area (TPSA) is 97.6 Å². The Morgan fingerprint density at radius 1 is 0.872 bits per heavy atom. The molecule has 2 aliphatic rings. The zero-order valence-corrected chi connectivity index (χ0v) is 29.0. The first-order chi connectivity index (χ1) is 22.5. The number of amidine groups is 1. The van der Waals surface area contributed by atoms with E-state index in [9.17, 15) is 13.2 Å². The first kappa shape index (κ1) is 35.1. The van der Waals surface area contributed by atoms with Gasteiger partial charge in [0.25, 0.3) is 16.0 Å². The van der Waals surface area contributed by atoms with E-state index in [1.54, 1.807) is 29.3 Å². The standard InChI is InChI=1S/C34H31Cl4N3O5S/c35-27-19-25(15-16-31(27)45-17-9-1-2-10-18-47(43,44)46-23-34(36,37)38)21-29-33(42)41-22-30(26-13-7-4-8-14-26)39-28(32(41)40-29)20-24-11-5-3-6-12-24/h3-8,11-16,19,21-22H,1-2,9-10,17-18,20,23H2/b29-21-. The molecule has 0 saturated carbocycles. The number of carbonyl (C=O) groups is 1. The quantitative estimate of drug-likeness (QED) is 0.0719. The smallest absolute Gasteiger partial charge is 0.282 e. The number of ether oxygens (including phenoxy) is 1. The molecule has 246 valence electrons. The number of carbonyl (C=O) groups excluding carboxylic acids is 1. The largest absolute Gasteiger partial charge is 0.492 e. The number of halogens is 4. The van der Waals surface area contributed by atoms with Crippen molar-refractivity contribution in [1.82, 2.24) is 4.90 Å². The van der Waals surface area contributed by atoms with Crippen molar-refractivity contribution in [3.63, 3.8) is 0 Å². The van der Waals surface area contributed by atoms with Gasteiger partial charge in [0.15, 0.2) is 5.84 Å². The second kappa shape index (κ2) is 15.8. The molecule has 0 bridgehead atoms. The maximum Gasteiger partial charge on any atom is 0.282 e. The van der Waals surface area contributed by atoms with E-state index in [0.717, 1.165) is 17.5 Å². The van der Waals surface area contributed by atoms with Crippen LogP contribution in [0.1, 0.15) is 42.4 Å². The minimum atomic E-state index is -3.76. The third-order valence-electron chi connectivity index (χ3n) is 7.15. The third kappa shape index (κ3) is 10.2. The van der Waals surface area contributed by atoms with E-state index < -0.39 is 20.5 Å². The Hall–Kier alpha value is -3.18. The van der Waals surface area contributed by atoms with Crippen molar-refractivity contribution in [1.29, 1.82) is 0 Å². The van der Waals surface area contributed by atoms with Crippen LogP contribution < -0.4 is 4.74 Å². The molecule has 3 aromatic carbocycles. The molecule has 0 radical (unpaired) electrons. The Morgan fingerprint density at radius 3 is 2.28 bits per heavy atom. The molecule has 47 heavy (non-hydrogen) atoms. The summed E-state index contributed by atoms with van der Waals surface area (Å²) in [6.45, 7) is -0.123. The molecule has 0 fully saturated rings. The van der Waals surface area contributed by atoms with Crippen molar-refractivity contribution in [2.45, 2.75) is 35.9 Å². The highest BCUT2D eigenvalue weighted by molar-refractivity contribution is 7.86. The molecule has 0 N–H and O–H groups in total. The summed E-state index contributed by atoms with van der Waals surface area (Å²) in [7, 11) is -3.76. The Labute approximate surface area is 294 Å². The van der Waals surface area contributed by atoms with Gasteiger partial charge in [-0.3, -0.25) is 13.9 Å². The van der Waals surface area contributed by atoms with Gasteiger partial charge in [-0.25, -0.2) is 9.98 Å². The minimum absolute atomic E-state index is 0.158. The van der Waals surface area contributed by atoms with Gasteiger partial charge in [0.05, 0.1) is 28.8 Å². The lowest BCUT2D eigenvalue weighted by Gasteiger charge is -2.21. The van der Waals surface area contributed by atoms with Crippen molar-refractivity contribution < 1.29 is 22.1 Å². The fourth-order valence-electron chi connectivity index (χ4n) is 4.87. The number of hydrogen-bond donors (Lipinski definition) is 0. The summed E-state index contributed by atoms with van der Waals surface area (Å²) in [6, 6.07) is 25.0. The van der Waals surface area contributed by atoms with Crippen LogP contribution >= 0.6 is 46.4 Å². The first-order valence-electron chi connectivity index (χ1n) is 14.9. The highest BCUT2D eigenvalue weighted by atomic mass is 35.6. The van der Waals surface area contributed by atoms with E-state index in [2.05, 4.69) is 0 Å². The van der Waals surface area contributed by atoms with E-state index in [-0.39, 0.29) is 17.4 Å². The zero-order valence-electron chi connectivity index (χ0n) is 25.1. The number of fused-ring (bicyclic) bond motifs is 1. The molecule has 2 aliphatic heterocycles. The van der Waals surface area contributed by atoms with Crippen molar-refractivity contribution in [2.24, 2.45) is 9.98 Å². The van der Waals surface area contributed by atoms with Crippen LogP contribution in [0.5, 0.6) is 5.75 Å². The number of unbranched alkanes of at least 4 members (excludes halogenated alkanes) is 3. The van der Waals surface area contributed by atoms with Crippen molar-refractivity contribution in [3.05, 3.63) is 112 Å². The predicted molar refractivity (Wildman–Crippen MR) is 190 cm³/mol. The Kier molecular flexibility index (Phi) is 11.8. The predicted octanol–water partition coefficient (Wildman–Crippen LogP) is 8.27. The number of amides is 1. The highest BCUT2D eigenvalue weighted by Crippen LogP contribution is 2.31. The third-order valence-corrected chi connectivity index (χ3v) is 9.04. The number of hydrogen-bond acceptors (Lipinski definition) is 7. The lowest BCUT2D eigenvalue weighted by atomic mass is 10.1. The monoisotopic (exact) mass is 733 g/mol. The van der Waals surface area contributed by atoms with Crippen LogP contribution in [0.4, 0.5) is 0 Å². The van der Waals surface area contributed by atoms with Crippen molar-refractivity contribution in [2.75, 3.05) is 19.0 Å². The van der Waals surface area contributed by atoms with Crippen LogP contribution in [0, 0.1) is 0 Å². The molecule has 1 amide bonds. The average Bonchev–Trinajstić information content (AvgIpc) is 3.36. The van der Waals surface area contributed by atoms with Crippen LogP contribution in [0.3, 0.4) is 0 Å². The summed E-state index contributed by atoms with van der Waals surface area (Å²) in [5.41, 5.74) is 4.32. The van der Waals surface area contributed by atoms with Gasteiger partial charge < -0.3 is 4.74 Å². The lowest BCUT2D eigenvalue weighted by molar-refractivity contribution is -0.120. The molecule has 0 spiro atoms. The Morgan fingerprint density at radius 2 is 1.57 bits per heavy atom. The summed E-state index contributed by atoms with van der Waals surface area (Å²) < 4.78 is 32.5. The van der Waals surface area contributed by atoms with Crippen LogP contribution in [0.2, 0.25) is 5.02 Å². The molecule has 2 heterocycles. The molecule has 5 rings (SSSR count). The molecule has 0 aromatic heterocycles. The molecule has 3 aromatic rings. The number of aliphatic imine (C=N–C) groups is 2. The lowest BCUT2D eigenvalue weighted by Crippen LogP contribution is -2.36. The second-order valence-electron chi connectivity index (χ2n) is 10.8. The molecular formula is C34H31Cl4N3O5S. The van der Waals surface area contributed by atoms with Gasteiger partial charge >= 0.3 is 0 Å². The number of rotatable bonds is 14. The summed E-state index contributed by atoms with van der Waals surface area (Å²) in [6.07, 6.45) is 6.47. The number of alkyl halides is 3. The molecule has 0 atom stereocenters. The second-order valence-corrected chi connectivity index (χ2v) is 15.5. The van der Waals surface area contributed by atoms with E-state index in [0.29, 0.717) is 65.9 Å². The zero-order chi connectivity index (χ0) is 33.4. The van der Waals surface area contributed by atoms with Crippen molar-refractivity contribution in [3.8, 4) is 5.75 Å². The average molecular weight is 736 g/mol. The molecule has 0 saturated heterocycles.